The Bertz CT molecular complexity index is 903. The van der Waals surface area contributed by atoms with Gasteiger partial charge >= 0.3 is 0 Å². The van der Waals surface area contributed by atoms with Gasteiger partial charge < -0.3 is 4.90 Å². The van der Waals surface area contributed by atoms with Crippen molar-refractivity contribution in [2.75, 3.05) is 0 Å². The summed E-state index contributed by atoms with van der Waals surface area (Å²) in [4.78, 5) is 14.6. The van der Waals surface area contributed by atoms with E-state index in [2.05, 4.69) is 15.5 Å². The van der Waals surface area contributed by atoms with Crippen molar-refractivity contribution >= 4 is 23.2 Å². The zero-order chi connectivity index (χ0) is 16.7. The van der Waals surface area contributed by atoms with Crippen LogP contribution in [0, 0.1) is 5.82 Å². The minimum absolute atomic E-state index is 0.111. The Balaban J connectivity index is 1.66. The highest BCUT2D eigenvalue weighted by atomic mass is 35.5. The number of fused-ring (bicyclic) bond motifs is 1. The number of carbonyl (C=O) groups excluding carboxylic acids is 1. The lowest BCUT2D eigenvalue weighted by Crippen LogP contribution is -2.33. The summed E-state index contributed by atoms with van der Waals surface area (Å²) in [5.41, 5.74) is 1.29. The summed E-state index contributed by atoms with van der Waals surface area (Å²) < 4.78 is 15.6. The number of halogens is 2. The van der Waals surface area contributed by atoms with Crippen LogP contribution in [-0.4, -0.2) is 36.9 Å². The largest absolute Gasteiger partial charge is 0.331 e. The molecule has 8 heteroatoms. The van der Waals surface area contributed by atoms with Gasteiger partial charge in [-0.05, 0) is 47.5 Å². The van der Waals surface area contributed by atoms with E-state index < -0.39 is 5.82 Å². The monoisotopic (exact) mass is 345 g/mol. The van der Waals surface area contributed by atoms with Gasteiger partial charge in [-0.2, -0.15) is 0 Å². The predicted molar refractivity (Wildman–Crippen MR) is 85.1 cm³/mol. The second kappa shape index (κ2) is 5.83. The molecule has 0 radical (unpaired) electrons. The number of rotatable bonds is 4. The molecule has 2 aromatic heterocycles. The van der Waals surface area contributed by atoms with Gasteiger partial charge in [-0.3, -0.25) is 4.79 Å². The Kier molecular flexibility index (Phi) is 3.65. The molecule has 1 aliphatic carbocycles. The number of amides is 1. The number of hydrogen-bond acceptors (Lipinski definition) is 4. The van der Waals surface area contributed by atoms with E-state index >= 15 is 0 Å². The summed E-state index contributed by atoms with van der Waals surface area (Å²) in [5, 5.41) is 11.5. The SMILES string of the molecule is O=C(c1ccn2nnnc2c1)N(Cc1c(F)cccc1Cl)C1CC1. The minimum atomic E-state index is -0.405. The molecule has 4 rings (SSSR count). The maximum atomic E-state index is 14.1. The molecule has 0 unspecified atom stereocenters. The maximum Gasteiger partial charge on any atom is 0.254 e. The quantitative estimate of drug-likeness (QED) is 0.729. The summed E-state index contributed by atoms with van der Waals surface area (Å²) in [6.07, 6.45) is 3.45. The Morgan fingerprint density at radius 3 is 2.96 bits per heavy atom. The van der Waals surface area contributed by atoms with Crippen molar-refractivity contribution in [2.45, 2.75) is 25.4 Å². The summed E-state index contributed by atoms with van der Waals surface area (Å²) in [6, 6.07) is 7.93. The second-order valence-electron chi connectivity index (χ2n) is 5.76. The first-order valence-corrected chi connectivity index (χ1v) is 7.93. The highest BCUT2D eigenvalue weighted by molar-refractivity contribution is 6.31. The van der Waals surface area contributed by atoms with Crippen LogP contribution in [0.2, 0.25) is 5.02 Å². The molecule has 0 N–H and O–H groups in total. The van der Waals surface area contributed by atoms with Crippen LogP contribution in [0.5, 0.6) is 0 Å². The molecular formula is C16H13ClFN5O. The van der Waals surface area contributed by atoms with Crippen molar-refractivity contribution in [1.82, 2.24) is 24.9 Å². The van der Waals surface area contributed by atoms with Gasteiger partial charge in [-0.1, -0.05) is 17.7 Å². The predicted octanol–water partition coefficient (Wildman–Crippen LogP) is 2.72. The van der Waals surface area contributed by atoms with E-state index in [1.807, 2.05) is 0 Å². The van der Waals surface area contributed by atoms with Crippen LogP contribution in [0.4, 0.5) is 4.39 Å². The van der Waals surface area contributed by atoms with E-state index in [0.717, 1.165) is 12.8 Å². The van der Waals surface area contributed by atoms with Crippen molar-refractivity contribution in [3.8, 4) is 0 Å². The lowest BCUT2D eigenvalue weighted by Gasteiger charge is -2.23. The number of aromatic nitrogens is 4. The average Bonchev–Trinajstić information content (AvgIpc) is 3.30. The Morgan fingerprint density at radius 2 is 2.21 bits per heavy atom. The molecule has 0 atom stereocenters. The molecule has 24 heavy (non-hydrogen) atoms. The highest BCUT2D eigenvalue weighted by Crippen LogP contribution is 2.32. The molecule has 0 bridgehead atoms. The molecule has 1 saturated carbocycles. The first-order valence-electron chi connectivity index (χ1n) is 7.55. The van der Waals surface area contributed by atoms with Gasteiger partial charge in [0.1, 0.15) is 5.82 Å². The molecule has 3 aromatic rings. The van der Waals surface area contributed by atoms with Crippen LogP contribution in [0.3, 0.4) is 0 Å². The second-order valence-corrected chi connectivity index (χ2v) is 6.17. The number of hydrogen-bond donors (Lipinski definition) is 0. The molecule has 1 aromatic carbocycles. The first-order chi connectivity index (χ1) is 11.6. The van der Waals surface area contributed by atoms with Crippen LogP contribution >= 0.6 is 11.6 Å². The topological polar surface area (TPSA) is 63.4 Å². The maximum absolute atomic E-state index is 14.1. The smallest absolute Gasteiger partial charge is 0.254 e. The van der Waals surface area contributed by atoms with Gasteiger partial charge in [0, 0.05) is 28.4 Å². The van der Waals surface area contributed by atoms with Crippen LogP contribution in [0.1, 0.15) is 28.8 Å². The van der Waals surface area contributed by atoms with Gasteiger partial charge in [-0.25, -0.2) is 8.91 Å². The molecule has 122 valence electrons. The van der Waals surface area contributed by atoms with E-state index in [1.54, 1.807) is 35.4 Å². The van der Waals surface area contributed by atoms with Gasteiger partial charge in [0.05, 0.1) is 6.54 Å². The standard InChI is InChI=1S/C16H13ClFN5O/c17-13-2-1-3-14(18)12(13)9-22(11-4-5-11)16(24)10-6-7-23-15(8-10)19-20-21-23/h1-3,6-8,11H,4-5,9H2. The van der Waals surface area contributed by atoms with Crippen molar-refractivity contribution < 1.29 is 9.18 Å². The fraction of sp³-hybridized carbons (Fsp3) is 0.250. The van der Waals surface area contributed by atoms with Gasteiger partial charge in [-0.15, -0.1) is 5.10 Å². The third kappa shape index (κ3) is 2.71. The van der Waals surface area contributed by atoms with E-state index in [0.29, 0.717) is 21.8 Å². The Hall–Kier alpha value is -2.54. The van der Waals surface area contributed by atoms with Crippen LogP contribution in [-0.2, 0) is 6.54 Å². The third-order valence-electron chi connectivity index (χ3n) is 4.08. The molecule has 1 amide bonds. The van der Waals surface area contributed by atoms with Crippen LogP contribution in [0.15, 0.2) is 36.5 Å². The highest BCUT2D eigenvalue weighted by Gasteiger charge is 2.34. The van der Waals surface area contributed by atoms with Gasteiger partial charge in [0.15, 0.2) is 5.65 Å². The summed E-state index contributed by atoms with van der Waals surface area (Å²) in [6.45, 7) is 0.144. The molecule has 2 heterocycles. The summed E-state index contributed by atoms with van der Waals surface area (Å²) in [5.74, 6) is -0.583. The Labute approximate surface area is 141 Å². The molecular weight excluding hydrogens is 333 g/mol. The molecule has 0 saturated heterocycles. The lowest BCUT2D eigenvalue weighted by molar-refractivity contribution is 0.0728. The normalized spacial score (nSPS) is 14.1. The van der Waals surface area contributed by atoms with Crippen LogP contribution < -0.4 is 0 Å². The lowest BCUT2D eigenvalue weighted by atomic mass is 10.1. The molecule has 0 spiro atoms. The van der Waals surface area contributed by atoms with Crippen LogP contribution in [0.25, 0.3) is 5.65 Å². The zero-order valence-electron chi connectivity index (χ0n) is 12.6. The summed E-state index contributed by atoms with van der Waals surface area (Å²) >= 11 is 6.11. The molecule has 1 aliphatic rings. The minimum Gasteiger partial charge on any atom is -0.331 e. The van der Waals surface area contributed by atoms with Crippen molar-refractivity contribution in [1.29, 1.82) is 0 Å². The van der Waals surface area contributed by atoms with Crippen molar-refractivity contribution in [3.05, 3.63) is 58.5 Å². The van der Waals surface area contributed by atoms with Crippen molar-refractivity contribution in [2.24, 2.45) is 0 Å². The first kappa shape index (κ1) is 15.0. The van der Waals surface area contributed by atoms with E-state index in [9.17, 15) is 9.18 Å². The van der Waals surface area contributed by atoms with Gasteiger partial charge in [0.2, 0.25) is 0 Å². The fourth-order valence-corrected chi connectivity index (χ4v) is 2.87. The summed E-state index contributed by atoms with van der Waals surface area (Å²) in [7, 11) is 0. The van der Waals surface area contributed by atoms with Crippen molar-refractivity contribution in [3.63, 3.8) is 0 Å². The third-order valence-corrected chi connectivity index (χ3v) is 4.44. The molecule has 6 nitrogen and oxygen atoms in total. The van der Waals surface area contributed by atoms with E-state index in [-0.39, 0.29) is 18.5 Å². The van der Waals surface area contributed by atoms with E-state index in [4.69, 9.17) is 11.6 Å². The van der Waals surface area contributed by atoms with E-state index in [1.165, 1.54) is 10.6 Å². The molecule has 1 fully saturated rings. The number of nitrogens with zero attached hydrogens (tertiary/aromatic N) is 5. The zero-order valence-corrected chi connectivity index (χ0v) is 13.3. The number of carbonyl (C=O) groups is 1. The average molecular weight is 346 g/mol. The molecule has 0 aliphatic heterocycles. The fourth-order valence-electron chi connectivity index (χ4n) is 2.65. The Morgan fingerprint density at radius 1 is 1.38 bits per heavy atom. The number of benzene rings is 1. The number of tetrazole rings is 1. The number of pyridine rings is 1. The van der Waals surface area contributed by atoms with Gasteiger partial charge in [0.25, 0.3) is 5.91 Å².